The molecule has 0 N–H and O–H groups in total. The van der Waals surface area contributed by atoms with Crippen molar-refractivity contribution in [2.45, 2.75) is 103 Å². The monoisotopic (exact) mass is 412 g/mol. The molecule has 30 heavy (non-hydrogen) atoms. The normalized spacial score (nSPS) is 31.0. The van der Waals surface area contributed by atoms with Crippen LogP contribution in [0, 0.1) is 11.3 Å². The first-order chi connectivity index (χ1) is 14.4. The van der Waals surface area contributed by atoms with E-state index in [0.29, 0.717) is 12.0 Å². The number of benzene rings is 1. The van der Waals surface area contributed by atoms with Gasteiger partial charge in [0, 0.05) is 12.8 Å². The third-order valence-electron chi connectivity index (χ3n) is 8.32. The van der Waals surface area contributed by atoms with Crippen LogP contribution in [-0.2, 0) is 14.5 Å². The van der Waals surface area contributed by atoms with E-state index in [1.807, 2.05) is 0 Å². The van der Waals surface area contributed by atoms with Crippen LogP contribution < -0.4 is 0 Å². The van der Waals surface area contributed by atoms with Gasteiger partial charge in [0.25, 0.3) is 0 Å². The Balaban J connectivity index is 1.30. The van der Waals surface area contributed by atoms with Crippen molar-refractivity contribution in [1.29, 1.82) is 0 Å². The molecule has 1 spiro atoms. The molecule has 3 heteroatoms. The second kappa shape index (κ2) is 9.14. The Kier molecular flexibility index (Phi) is 6.72. The molecule has 1 aromatic carbocycles. The topological polar surface area (TPSA) is 27.7 Å². The highest BCUT2D eigenvalue weighted by Crippen LogP contribution is 2.46. The van der Waals surface area contributed by atoms with E-state index in [1.54, 1.807) is 0 Å². The molecule has 1 aliphatic heterocycles. The predicted octanol–water partition coefficient (Wildman–Crippen LogP) is 7.42. The van der Waals surface area contributed by atoms with Gasteiger partial charge in [0.05, 0.1) is 6.61 Å². The van der Waals surface area contributed by atoms with Crippen LogP contribution in [0.2, 0.25) is 0 Å². The molecular weight excluding hydrogens is 372 g/mol. The van der Waals surface area contributed by atoms with Crippen LogP contribution in [0.5, 0.6) is 0 Å². The summed E-state index contributed by atoms with van der Waals surface area (Å²) >= 11 is 0. The summed E-state index contributed by atoms with van der Waals surface area (Å²) < 4.78 is 6.27. The SMILES string of the molecule is C=C(c1ccc(C2CCCCC2)cc1)C1COC2(CCC(C(C)(C)CC)CC2)OO1. The average Bonchev–Trinajstić information content (AvgIpc) is 2.80. The highest BCUT2D eigenvalue weighted by molar-refractivity contribution is 5.67. The highest BCUT2D eigenvalue weighted by atomic mass is 17.2. The fraction of sp³-hybridized carbons (Fsp3) is 0.704. The second-order valence-electron chi connectivity index (χ2n) is 10.5. The van der Waals surface area contributed by atoms with Crippen molar-refractivity contribution in [2.75, 3.05) is 6.61 Å². The Morgan fingerprint density at radius 1 is 1.03 bits per heavy atom. The maximum atomic E-state index is 6.27. The maximum absolute atomic E-state index is 6.27. The molecular formula is C27H40O3. The lowest BCUT2D eigenvalue weighted by Crippen LogP contribution is -2.48. The zero-order chi connectivity index (χ0) is 21.2. The van der Waals surface area contributed by atoms with E-state index in [-0.39, 0.29) is 6.10 Å². The maximum Gasteiger partial charge on any atom is 0.201 e. The lowest BCUT2D eigenvalue weighted by Gasteiger charge is -2.46. The van der Waals surface area contributed by atoms with Crippen molar-refractivity contribution < 1.29 is 14.5 Å². The molecule has 1 saturated heterocycles. The zero-order valence-electron chi connectivity index (χ0n) is 19.3. The fourth-order valence-corrected chi connectivity index (χ4v) is 5.53. The lowest BCUT2D eigenvalue weighted by molar-refractivity contribution is -0.484. The van der Waals surface area contributed by atoms with Gasteiger partial charge in [-0.15, -0.1) is 0 Å². The molecule has 1 atom stereocenters. The minimum Gasteiger partial charge on any atom is -0.344 e. The van der Waals surface area contributed by atoms with E-state index in [9.17, 15) is 0 Å². The molecule has 0 aromatic heterocycles. The zero-order valence-corrected chi connectivity index (χ0v) is 19.3. The molecule has 1 unspecified atom stereocenters. The average molecular weight is 413 g/mol. The van der Waals surface area contributed by atoms with Crippen LogP contribution in [0.25, 0.3) is 5.57 Å². The summed E-state index contributed by atoms with van der Waals surface area (Å²) in [5.74, 6) is 0.907. The Bertz CT molecular complexity index is 696. The first-order valence-electron chi connectivity index (χ1n) is 12.2. The second-order valence-corrected chi connectivity index (χ2v) is 10.5. The summed E-state index contributed by atoms with van der Waals surface area (Å²) in [5.41, 5.74) is 3.92. The smallest absolute Gasteiger partial charge is 0.201 e. The Labute approximate surface area is 183 Å². The van der Waals surface area contributed by atoms with Crippen LogP contribution in [0.4, 0.5) is 0 Å². The number of hydrogen-bond acceptors (Lipinski definition) is 3. The van der Waals surface area contributed by atoms with Gasteiger partial charge in [0.2, 0.25) is 5.79 Å². The van der Waals surface area contributed by atoms with Gasteiger partial charge in [-0.2, -0.15) is 0 Å². The predicted molar refractivity (Wildman–Crippen MR) is 122 cm³/mol. The lowest BCUT2D eigenvalue weighted by atomic mass is 9.68. The molecule has 0 bridgehead atoms. The van der Waals surface area contributed by atoms with Gasteiger partial charge in [-0.3, -0.25) is 0 Å². The number of rotatable bonds is 5. The van der Waals surface area contributed by atoms with Crippen molar-refractivity contribution in [3.05, 3.63) is 42.0 Å². The van der Waals surface area contributed by atoms with Gasteiger partial charge in [-0.05, 0) is 59.6 Å². The van der Waals surface area contributed by atoms with Crippen molar-refractivity contribution in [3.63, 3.8) is 0 Å². The molecule has 1 aromatic rings. The van der Waals surface area contributed by atoms with Crippen molar-refractivity contribution in [3.8, 4) is 0 Å². The van der Waals surface area contributed by atoms with Gasteiger partial charge < -0.3 is 4.74 Å². The van der Waals surface area contributed by atoms with Crippen LogP contribution in [-0.4, -0.2) is 18.5 Å². The molecule has 3 aliphatic rings. The van der Waals surface area contributed by atoms with Crippen LogP contribution in [0.3, 0.4) is 0 Å². The van der Waals surface area contributed by atoms with Gasteiger partial charge >= 0.3 is 0 Å². The molecule has 2 aliphatic carbocycles. The van der Waals surface area contributed by atoms with Crippen LogP contribution >= 0.6 is 0 Å². The van der Waals surface area contributed by atoms with E-state index in [2.05, 4.69) is 51.6 Å². The standard InChI is InChI=1S/C27H40O3/c1-5-26(3,4)24-15-17-27(18-16-24)28-19-25(29-30-27)20(2)21-11-13-23(14-12-21)22-9-7-6-8-10-22/h11-14,22,24-25H,2,5-10,15-19H2,1,3-4H3. The summed E-state index contributed by atoms with van der Waals surface area (Å²) in [4.78, 5) is 11.7. The summed E-state index contributed by atoms with van der Waals surface area (Å²) in [6, 6.07) is 8.94. The Morgan fingerprint density at radius 3 is 2.27 bits per heavy atom. The molecule has 4 rings (SSSR count). The van der Waals surface area contributed by atoms with E-state index in [1.165, 1.54) is 44.1 Å². The summed E-state index contributed by atoms with van der Waals surface area (Å²) in [5, 5.41) is 0. The molecule has 0 amide bonds. The first-order valence-corrected chi connectivity index (χ1v) is 12.2. The summed E-state index contributed by atoms with van der Waals surface area (Å²) in [6.45, 7) is 11.9. The van der Waals surface area contributed by atoms with Crippen molar-refractivity contribution >= 4 is 5.57 Å². The molecule has 0 radical (unpaired) electrons. The fourth-order valence-electron chi connectivity index (χ4n) is 5.53. The molecule has 3 nitrogen and oxygen atoms in total. The summed E-state index contributed by atoms with van der Waals surface area (Å²) in [7, 11) is 0. The molecule has 2 saturated carbocycles. The quantitative estimate of drug-likeness (QED) is 0.471. The van der Waals surface area contributed by atoms with Crippen LogP contribution in [0.15, 0.2) is 30.8 Å². The van der Waals surface area contributed by atoms with E-state index in [4.69, 9.17) is 14.5 Å². The van der Waals surface area contributed by atoms with Gasteiger partial charge in [0.1, 0.15) is 6.10 Å². The molecule has 1 heterocycles. The van der Waals surface area contributed by atoms with Crippen molar-refractivity contribution in [1.82, 2.24) is 0 Å². The Hall–Kier alpha value is -1.16. The highest BCUT2D eigenvalue weighted by Gasteiger charge is 2.45. The van der Waals surface area contributed by atoms with Crippen LogP contribution in [0.1, 0.15) is 102 Å². The molecule has 166 valence electrons. The number of hydrogen-bond donors (Lipinski definition) is 0. The minimum absolute atomic E-state index is 0.235. The minimum atomic E-state index is -0.554. The third kappa shape index (κ3) is 4.69. The Morgan fingerprint density at radius 2 is 1.70 bits per heavy atom. The summed E-state index contributed by atoms with van der Waals surface area (Å²) in [6.07, 6.45) is 11.8. The van der Waals surface area contributed by atoms with Gasteiger partial charge in [0.15, 0.2) is 0 Å². The largest absolute Gasteiger partial charge is 0.344 e. The van der Waals surface area contributed by atoms with E-state index in [0.717, 1.165) is 48.7 Å². The van der Waals surface area contributed by atoms with E-state index < -0.39 is 5.79 Å². The van der Waals surface area contributed by atoms with Gasteiger partial charge in [-0.1, -0.05) is 77.3 Å². The van der Waals surface area contributed by atoms with Crippen molar-refractivity contribution in [2.24, 2.45) is 11.3 Å². The van der Waals surface area contributed by atoms with E-state index >= 15 is 0 Å². The molecule has 3 fully saturated rings. The third-order valence-corrected chi connectivity index (χ3v) is 8.32. The number of ether oxygens (including phenoxy) is 1. The van der Waals surface area contributed by atoms with Gasteiger partial charge in [-0.25, -0.2) is 9.78 Å². The first kappa shape index (κ1) is 22.0.